The van der Waals surface area contributed by atoms with Crippen LogP contribution in [0.5, 0.6) is 0 Å². The quantitative estimate of drug-likeness (QED) is 0.763. The number of anilines is 1. The van der Waals surface area contributed by atoms with Gasteiger partial charge in [0.1, 0.15) is 0 Å². The number of aliphatic imine (C=N–C) groups is 1. The van der Waals surface area contributed by atoms with Gasteiger partial charge in [0.25, 0.3) is 0 Å². The molecule has 2 N–H and O–H groups in total. The number of hydrogen-bond acceptors (Lipinski definition) is 6. The van der Waals surface area contributed by atoms with Crippen LogP contribution >= 0.6 is 11.8 Å². The zero-order chi connectivity index (χ0) is 20.4. The van der Waals surface area contributed by atoms with Crippen LogP contribution in [0.15, 0.2) is 53.5 Å². The first-order valence-corrected chi connectivity index (χ1v) is 12.2. The van der Waals surface area contributed by atoms with Gasteiger partial charge in [-0.15, -0.1) is 0 Å². The number of amides is 1. The number of carbonyl (C=O) groups is 1. The molecule has 4 rings (SSSR count). The fraction of sp³-hybridized carbons (Fsp3) is 0.333. The standard InChI is InChI=1S/C21H23N3O3S2/c1-14-2-4-16(5-3-14)11-22-20(25)10-15-6-8-17(9-7-15)23-21-24-18-12-29(26,27)13-19(18)28-21/h2-9,18-19H,10-13H2,1H3,(H,22,25)(H,23,24). The number of rotatable bonds is 5. The predicted octanol–water partition coefficient (Wildman–Crippen LogP) is 2.53. The first-order valence-electron chi connectivity index (χ1n) is 9.49. The number of hydrogen-bond donors (Lipinski definition) is 2. The molecule has 6 nitrogen and oxygen atoms in total. The summed E-state index contributed by atoms with van der Waals surface area (Å²) in [6.45, 7) is 2.56. The lowest BCUT2D eigenvalue weighted by Gasteiger charge is -2.09. The van der Waals surface area contributed by atoms with Crippen LogP contribution in [-0.2, 0) is 27.6 Å². The van der Waals surface area contributed by atoms with Crippen molar-refractivity contribution in [3.05, 3.63) is 65.2 Å². The minimum atomic E-state index is -2.94. The molecule has 152 valence electrons. The van der Waals surface area contributed by atoms with Crippen molar-refractivity contribution in [3.63, 3.8) is 0 Å². The van der Waals surface area contributed by atoms with Crippen LogP contribution in [0.4, 0.5) is 5.69 Å². The number of fused-ring (bicyclic) bond motifs is 1. The molecule has 0 spiro atoms. The summed E-state index contributed by atoms with van der Waals surface area (Å²) >= 11 is 1.49. The fourth-order valence-corrected chi connectivity index (χ4v) is 7.08. The molecular weight excluding hydrogens is 406 g/mol. The molecule has 2 aromatic carbocycles. The van der Waals surface area contributed by atoms with Crippen LogP contribution in [0.25, 0.3) is 0 Å². The molecule has 0 aliphatic carbocycles. The molecule has 1 fully saturated rings. The van der Waals surface area contributed by atoms with Crippen molar-refractivity contribution >= 4 is 38.4 Å². The largest absolute Gasteiger partial charge is 0.352 e. The molecule has 2 aliphatic rings. The van der Waals surface area contributed by atoms with Crippen molar-refractivity contribution in [2.75, 3.05) is 16.8 Å². The Bertz CT molecular complexity index is 1030. The molecule has 2 unspecified atom stereocenters. The topological polar surface area (TPSA) is 87.6 Å². The van der Waals surface area contributed by atoms with E-state index in [9.17, 15) is 13.2 Å². The van der Waals surface area contributed by atoms with Crippen molar-refractivity contribution in [1.82, 2.24) is 5.32 Å². The molecule has 0 saturated carbocycles. The van der Waals surface area contributed by atoms with Crippen molar-refractivity contribution in [2.24, 2.45) is 4.99 Å². The second-order valence-corrected chi connectivity index (χ2v) is 10.9. The summed E-state index contributed by atoms with van der Waals surface area (Å²) < 4.78 is 23.3. The van der Waals surface area contributed by atoms with Gasteiger partial charge in [0.05, 0.1) is 24.0 Å². The summed E-state index contributed by atoms with van der Waals surface area (Å²) in [7, 11) is -2.94. The van der Waals surface area contributed by atoms with Gasteiger partial charge < -0.3 is 10.6 Å². The van der Waals surface area contributed by atoms with Crippen LogP contribution in [0.1, 0.15) is 16.7 Å². The third kappa shape index (κ3) is 5.19. The predicted molar refractivity (Wildman–Crippen MR) is 118 cm³/mol. The van der Waals surface area contributed by atoms with E-state index in [1.807, 2.05) is 55.5 Å². The highest BCUT2D eigenvalue weighted by atomic mass is 32.2. The van der Waals surface area contributed by atoms with E-state index in [2.05, 4.69) is 15.6 Å². The Balaban J connectivity index is 1.27. The van der Waals surface area contributed by atoms with E-state index in [0.29, 0.717) is 13.0 Å². The molecule has 8 heteroatoms. The Hall–Kier alpha value is -2.32. The average Bonchev–Trinajstić information content (AvgIpc) is 3.15. The molecule has 1 saturated heterocycles. The van der Waals surface area contributed by atoms with Crippen molar-refractivity contribution in [1.29, 1.82) is 0 Å². The second-order valence-electron chi connectivity index (χ2n) is 7.50. The normalized spacial score (nSPS) is 22.0. The van der Waals surface area contributed by atoms with Gasteiger partial charge in [-0.1, -0.05) is 53.7 Å². The second kappa shape index (κ2) is 8.20. The van der Waals surface area contributed by atoms with Gasteiger partial charge in [0, 0.05) is 17.5 Å². The molecule has 1 amide bonds. The van der Waals surface area contributed by atoms with Crippen LogP contribution in [0, 0.1) is 6.92 Å². The Kier molecular flexibility index (Phi) is 5.65. The minimum absolute atomic E-state index is 0.0176. The number of nitrogens with zero attached hydrogens (tertiary/aromatic N) is 1. The van der Waals surface area contributed by atoms with E-state index < -0.39 is 9.84 Å². The van der Waals surface area contributed by atoms with E-state index in [1.54, 1.807) is 0 Å². The lowest BCUT2D eigenvalue weighted by atomic mass is 10.1. The van der Waals surface area contributed by atoms with Gasteiger partial charge >= 0.3 is 0 Å². The minimum Gasteiger partial charge on any atom is -0.352 e. The molecule has 0 bridgehead atoms. The maximum atomic E-state index is 12.2. The SMILES string of the molecule is Cc1ccc(CNC(=O)Cc2ccc(NC3=NC4CS(=O)(=O)CC4S3)cc2)cc1. The number of thioether (sulfide) groups is 1. The van der Waals surface area contributed by atoms with E-state index in [1.165, 1.54) is 17.3 Å². The number of benzene rings is 2. The van der Waals surface area contributed by atoms with Crippen LogP contribution < -0.4 is 10.6 Å². The smallest absolute Gasteiger partial charge is 0.224 e. The van der Waals surface area contributed by atoms with Gasteiger partial charge in [0.15, 0.2) is 15.0 Å². The Morgan fingerprint density at radius 3 is 2.45 bits per heavy atom. The molecule has 29 heavy (non-hydrogen) atoms. The number of amidine groups is 1. The monoisotopic (exact) mass is 429 g/mol. The summed E-state index contributed by atoms with van der Waals surface area (Å²) in [5.74, 6) is 0.330. The third-order valence-electron chi connectivity index (χ3n) is 5.00. The van der Waals surface area contributed by atoms with E-state index in [-0.39, 0.29) is 28.7 Å². The summed E-state index contributed by atoms with van der Waals surface area (Å²) in [4.78, 5) is 16.7. The first-order chi connectivity index (χ1) is 13.9. The number of sulfone groups is 1. The molecule has 0 aromatic heterocycles. The van der Waals surface area contributed by atoms with E-state index >= 15 is 0 Å². The molecule has 2 heterocycles. The van der Waals surface area contributed by atoms with Crippen molar-refractivity contribution in [2.45, 2.75) is 31.2 Å². The van der Waals surface area contributed by atoms with Crippen LogP contribution in [0.3, 0.4) is 0 Å². The molecular formula is C21H23N3O3S2. The summed E-state index contributed by atoms with van der Waals surface area (Å²) in [5, 5.41) is 6.98. The Labute approximate surface area is 175 Å². The van der Waals surface area contributed by atoms with E-state index in [4.69, 9.17) is 0 Å². The molecule has 2 atom stereocenters. The Morgan fingerprint density at radius 1 is 1.07 bits per heavy atom. The third-order valence-corrected chi connectivity index (χ3v) is 8.14. The average molecular weight is 430 g/mol. The summed E-state index contributed by atoms with van der Waals surface area (Å²) in [5.41, 5.74) is 4.09. The highest BCUT2D eigenvalue weighted by Crippen LogP contribution is 2.34. The van der Waals surface area contributed by atoms with Crippen LogP contribution in [0.2, 0.25) is 0 Å². The summed E-state index contributed by atoms with van der Waals surface area (Å²) in [6, 6.07) is 15.6. The lowest BCUT2D eigenvalue weighted by Crippen LogP contribution is -2.24. The molecule has 2 aliphatic heterocycles. The number of carbonyl (C=O) groups excluding carboxylic acids is 1. The number of aryl methyl sites for hydroxylation is 1. The van der Waals surface area contributed by atoms with Crippen LogP contribution in [-0.4, -0.2) is 42.3 Å². The summed E-state index contributed by atoms with van der Waals surface area (Å²) in [6.07, 6.45) is 0.323. The van der Waals surface area contributed by atoms with Crippen molar-refractivity contribution in [3.8, 4) is 0 Å². The maximum Gasteiger partial charge on any atom is 0.224 e. The zero-order valence-electron chi connectivity index (χ0n) is 16.1. The fourth-order valence-electron chi connectivity index (χ4n) is 3.40. The van der Waals surface area contributed by atoms with Gasteiger partial charge in [-0.2, -0.15) is 0 Å². The van der Waals surface area contributed by atoms with Gasteiger partial charge in [-0.25, -0.2) is 8.42 Å². The molecule has 0 radical (unpaired) electrons. The van der Waals surface area contributed by atoms with E-state index in [0.717, 1.165) is 22.0 Å². The highest BCUT2D eigenvalue weighted by Gasteiger charge is 2.42. The zero-order valence-corrected chi connectivity index (χ0v) is 17.7. The Morgan fingerprint density at radius 2 is 1.76 bits per heavy atom. The van der Waals surface area contributed by atoms with Gasteiger partial charge in [-0.05, 0) is 30.2 Å². The first kappa shape index (κ1) is 20.0. The lowest BCUT2D eigenvalue weighted by molar-refractivity contribution is -0.120. The van der Waals surface area contributed by atoms with Gasteiger partial charge in [-0.3, -0.25) is 9.79 Å². The van der Waals surface area contributed by atoms with Gasteiger partial charge in [0.2, 0.25) is 5.91 Å². The highest BCUT2D eigenvalue weighted by molar-refractivity contribution is 8.15. The maximum absolute atomic E-state index is 12.2. The van der Waals surface area contributed by atoms with Crippen molar-refractivity contribution < 1.29 is 13.2 Å². The molecule has 2 aromatic rings. The number of nitrogens with one attached hydrogen (secondary N) is 2.